The topological polar surface area (TPSA) is 94.3 Å². The van der Waals surface area contributed by atoms with Crippen LogP contribution in [-0.2, 0) is 10.0 Å². The number of hydrogen-bond acceptors (Lipinski definition) is 6. The second kappa shape index (κ2) is 5.30. The molecule has 0 aliphatic rings. The van der Waals surface area contributed by atoms with E-state index in [0.29, 0.717) is 11.3 Å². The minimum Gasteiger partial charge on any atom is -0.494 e. The summed E-state index contributed by atoms with van der Waals surface area (Å²) in [4.78, 5) is 0.165. The molecule has 0 radical (unpaired) electrons. The number of aryl methyl sites for hydroxylation is 1. The maximum atomic E-state index is 12.4. The van der Waals surface area contributed by atoms with Crippen molar-refractivity contribution in [1.29, 1.82) is 0 Å². The highest BCUT2D eigenvalue weighted by Crippen LogP contribution is 2.30. The molecule has 8 heteroatoms. The molecule has 0 aliphatic carbocycles. The summed E-state index contributed by atoms with van der Waals surface area (Å²) < 4.78 is 37.1. The van der Waals surface area contributed by atoms with Gasteiger partial charge in [0.1, 0.15) is 0 Å². The number of benzene rings is 2. The Labute approximate surface area is 126 Å². The van der Waals surface area contributed by atoms with Gasteiger partial charge in [0.15, 0.2) is 16.8 Å². The fourth-order valence-corrected chi connectivity index (χ4v) is 3.08. The van der Waals surface area contributed by atoms with E-state index in [1.807, 2.05) is 6.92 Å². The number of aromatic nitrogens is 2. The Balaban J connectivity index is 2.02. The average molecular weight is 319 g/mol. The molecule has 0 atom stereocenters. The second-order valence-electron chi connectivity index (χ2n) is 4.70. The van der Waals surface area contributed by atoms with Crippen molar-refractivity contribution < 1.29 is 17.8 Å². The molecule has 22 heavy (non-hydrogen) atoms. The van der Waals surface area contributed by atoms with E-state index in [2.05, 4.69) is 19.7 Å². The van der Waals surface area contributed by atoms with Gasteiger partial charge in [-0.1, -0.05) is 17.7 Å². The third-order valence-electron chi connectivity index (χ3n) is 3.17. The van der Waals surface area contributed by atoms with Crippen molar-refractivity contribution in [2.24, 2.45) is 0 Å². The van der Waals surface area contributed by atoms with Gasteiger partial charge in [0, 0.05) is 0 Å². The first-order chi connectivity index (χ1) is 10.5. The molecule has 3 rings (SSSR count). The van der Waals surface area contributed by atoms with Crippen LogP contribution in [0.2, 0.25) is 0 Å². The van der Waals surface area contributed by atoms with E-state index in [1.165, 1.54) is 7.11 Å². The highest BCUT2D eigenvalue weighted by Gasteiger charge is 2.19. The smallest absolute Gasteiger partial charge is 0.261 e. The number of fused-ring (bicyclic) bond motifs is 1. The SMILES string of the molecule is COc1ccc(NS(=O)(=O)c2ccc(C)cc2)c2nonc12. The molecule has 0 saturated carbocycles. The van der Waals surface area contributed by atoms with E-state index in [-0.39, 0.29) is 16.1 Å². The molecule has 0 unspecified atom stereocenters. The Morgan fingerprint density at radius 3 is 2.41 bits per heavy atom. The van der Waals surface area contributed by atoms with E-state index in [1.54, 1.807) is 36.4 Å². The molecule has 1 aromatic heterocycles. The summed E-state index contributed by atoms with van der Waals surface area (Å²) >= 11 is 0. The van der Waals surface area contributed by atoms with Crippen molar-refractivity contribution >= 4 is 26.7 Å². The van der Waals surface area contributed by atoms with Crippen LogP contribution >= 0.6 is 0 Å². The lowest BCUT2D eigenvalue weighted by molar-refractivity contribution is 0.314. The lowest BCUT2D eigenvalue weighted by atomic mass is 10.2. The first-order valence-electron chi connectivity index (χ1n) is 6.40. The highest BCUT2D eigenvalue weighted by molar-refractivity contribution is 7.92. The third-order valence-corrected chi connectivity index (χ3v) is 4.56. The lowest BCUT2D eigenvalue weighted by Crippen LogP contribution is -2.13. The van der Waals surface area contributed by atoms with Crippen molar-refractivity contribution in [2.75, 3.05) is 11.8 Å². The lowest BCUT2D eigenvalue weighted by Gasteiger charge is -2.09. The van der Waals surface area contributed by atoms with E-state index in [0.717, 1.165) is 5.56 Å². The predicted octanol–water partition coefficient (Wildman–Crippen LogP) is 2.34. The van der Waals surface area contributed by atoms with Gasteiger partial charge in [0.05, 0.1) is 17.7 Å². The van der Waals surface area contributed by atoms with Crippen molar-refractivity contribution in [2.45, 2.75) is 11.8 Å². The van der Waals surface area contributed by atoms with Gasteiger partial charge in [-0.25, -0.2) is 13.0 Å². The first-order valence-corrected chi connectivity index (χ1v) is 7.88. The van der Waals surface area contributed by atoms with Crippen LogP contribution in [-0.4, -0.2) is 25.8 Å². The minimum atomic E-state index is -3.72. The summed E-state index contributed by atoms with van der Waals surface area (Å²) in [5.74, 6) is 0.453. The molecule has 2 aromatic carbocycles. The van der Waals surface area contributed by atoms with Gasteiger partial charge in [0.2, 0.25) is 0 Å². The number of hydrogen-bond donors (Lipinski definition) is 1. The van der Waals surface area contributed by atoms with E-state index < -0.39 is 10.0 Å². The monoisotopic (exact) mass is 319 g/mol. The van der Waals surface area contributed by atoms with E-state index >= 15 is 0 Å². The van der Waals surface area contributed by atoms with Crippen molar-refractivity contribution in [3.8, 4) is 5.75 Å². The molecule has 0 bridgehead atoms. The third kappa shape index (κ3) is 2.48. The molecule has 0 amide bonds. The summed E-state index contributed by atoms with van der Waals surface area (Å²) in [6, 6.07) is 9.70. The van der Waals surface area contributed by atoms with E-state index in [9.17, 15) is 8.42 Å². The molecule has 7 nitrogen and oxygen atoms in total. The summed E-state index contributed by atoms with van der Waals surface area (Å²) in [6.45, 7) is 1.89. The van der Waals surface area contributed by atoms with Crippen LogP contribution in [0.1, 0.15) is 5.56 Å². The molecule has 0 saturated heterocycles. The maximum absolute atomic E-state index is 12.4. The Morgan fingerprint density at radius 2 is 1.73 bits per heavy atom. The summed E-state index contributed by atoms with van der Waals surface area (Å²) in [7, 11) is -2.23. The van der Waals surface area contributed by atoms with Gasteiger partial charge in [-0.15, -0.1) is 0 Å². The van der Waals surface area contributed by atoms with Gasteiger partial charge in [-0.05, 0) is 41.5 Å². The normalized spacial score (nSPS) is 11.5. The fourth-order valence-electron chi connectivity index (χ4n) is 2.01. The molecule has 0 aliphatic heterocycles. The zero-order valence-corrected chi connectivity index (χ0v) is 12.7. The molecule has 1 N–H and O–H groups in total. The molecular formula is C14H13N3O4S. The van der Waals surface area contributed by atoms with Gasteiger partial charge in [-0.2, -0.15) is 0 Å². The summed E-state index contributed by atoms with van der Waals surface area (Å²) in [6.07, 6.45) is 0. The van der Waals surface area contributed by atoms with Crippen molar-refractivity contribution in [1.82, 2.24) is 10.3 Å². The van der Waals surface area contributed by atoms with E-state index in [4.69, 9.17) is 4.74 Å². The Bertz CT molecular complexity index is 917. The Morgan fingerprint density at radius 1 is 1.05 bits per heavy atom. The van der Waals surface area contributed by atoms with Crippen LogP contribution in [0.15, 0.2) is 45.9 Å². The molecule has 0 spiro atoms. The zero-order chi connectivity index (χ0) is 15.7. The molecule has 3 aromatic rings. The minimum absolute atomic E-state index is 0.165. The average Bonchev–Trinajstić information content (AvgIpc) is 2.98. The standard InChI is InChI=1S/C14H13N3O4S/c1-9-3-5-10(6-4-9)22(18,19)17-11-7-8-12(20-2)14-13(11)15-21-16-14/h3-8,17H,1-2H3. The second-order valence-corrected chi connectivity index (χ2v) is 6.38. The van der Waals surface area contributed by atoms with Crippen LogP contribution in [0.4, 0.5) is 5.69 Å². The summed E-state index contributed by atoms with van der Waals surface area (Å²) in [5, 5.41) is 7.44. The highest BCUT2D eigenvalue weighted by atomic mass is 32.2. The maximum Gasteiger partial charge on any atom is 0.261 e. The quantitative estimate of drug-likeness (QED) is 0.793. The number of ether oxygens (including phenoxy) is 1. The van der Waals surface area contributed by atoms with Gasteiger partial charge in [-0.3, -0.25) is 4.72 Å². The number of anilines is 1. The first kappa shape index (κ1) is 14.3. The van der Waals surface area contributed by atoms with Gasteiger partial charge >= 0.3 is 0 Å². The van der Waals surface area contributed by atoms with Crippen LogP contribution in [0.25, 0.3) is 11.0 Å². The number of nitrogens with zero attached hydrogens (tertiary/aromatic N) is 2. The molecule has 0 fully saturated rings. The number of nitrogens with one attached hydrogen (secondary N) is 1. The Kier molecular flexibility index (Phi) is 3.45. The summed E-state index contributed by atoms with van der Waals surface area (Å²) in [5.41, 5.74) is 1.89. The Hall–Kier alpha value is -2.61. The largest absolute Gasteiger partial charge is 0.494 e. The van der Waals surface area contributed by atoms with Crippen LogP contribution in [0.3, 0.4) is 0 Å². The molecule has 114 valence electrons. The van der Waals surface area contributed by atoms with Crippen LogP contribution in [0, 0.1) is 6.92 Å². The molecular weight excluding hydrogens is 306 g/mol. The number of rotatable bonds is 4. The predicted molar refractivity (Wildman–Crippen MR) is 80.3 cm³/mol. The van der Waals surface area contributed by atoms with Gasteiger partial charge in [0.25, 0.3) is 10.0 Å². The van der Waals surface area contributed by atoms with Crippen LogP contribution in [0.5, 0.6) is 5.75 Å². The van der Waals surface area contributed by atoms with Crippen molar-refractivity contribution in [3.63, 3.8) is 0 Å². The van der Waals surface area contributed by atoms with Crippen molar-refractivity contribution in [3.05, 3.63) is 42.0 Å². The zero-order valence-electron chi connectivity index (χ0n) is 11.9. The fraction of sp³-hybridized carbons (Fsp3) is 0.143. The van der Waals surface area contributed by atoms with Gasteiger partial charge < -0.3 is 4.74 Å². The number of methoxy groups -OCH3 is 1. The molecule has 1 heterocycles. The number of sulfonamides is 1. The van der Waals surface area contributed by atoms with Crippen LogP contribution < -0.4 is 9.46 Å².